The van der Waals surface area contributed by atoms with Gasteiger partial charge in [0.05, 0.1) is 0 Å². The number of hydrogen-bond acceptors (Lipinski definition) is 4. The average molecular weight is 316 g/mol. The van der Waals surface area contributed by atoms with Gasteiger partial charge in [0, 0.05) is 44.5 Å². The maximum Gasteiger partial charge on any atom is 0.225 e. The van der Waals surface area contributed by atoms with E-state index in [0.29, 0.717) is 0 Å². The summed E-state index contributed by atoms with van der Waals surface area (Å²) < 4.78 is 13.1. The first-order chi connectivity index (χ1) is 10.8. The van der Waals surface area contributed by atoms with E-state index in [9.17, 15) is 4.39 Å². The fourth-order valence-corrected chi connectivity index (χ4v) is 2.90. The molecule has 2 aromatic rings. The van der Waals surface area contributed by atoms with E-state index in [1.807, 2.05) is 24.5 Å². The standard InChI is InChI=1S/C17H21FN4.CH4/c1-2-16(13-3-5-15(18)6-4-13)14-11-20-17(21-12-14)22-9-7-19-8-10-22;/h3-6,11-12,16,19H,2,7-10H2,1H3;1H4. The Hall–Kier alpha value is -2.01. The lowest BCUT2D eigenvalue weighted by Gasteiger charge is -2.27. The van der Waals surface area contributed by atoms with Gasteiger partial charge in [0.1, 0.15) is 5.82 Å². The highest BCUT2D eigenvalue weighted by atomic mass is 19.1. The van der Waals surface area contributed by atoms with Crippen LogP contribution in [-0.2, 0) is 0 Å². The van der Waals surface area contributed by atoms with Gasteiger partial charge >= 0.3 is 0 Å². The highest BCUT2D eigenvalue weighted by Gasteiger charge is 2.16. The summed E-state index contributed by atoms with van der Waals surface area (Å²) in [5.74, 6) is 0.792. The number of benzene rings is 1. The van der Waals surface area contributed by atoms with Crippen LogP contribution in [0.5, 0.6) is 0 Å². The Kier molecular flexibility index (Phi) is 6.04. The molecular formula is C18H25FN4. The first-order valence-corrected chi connectivity index (χ1v) is 7.81. The molecule has 1 aromatic carbocycles. The summed E-state index contributed by atoms with van der Waals surface area (Å²) in [4.78, 5) is 11.2. The van der Waals surface area contributed by atoms with Crippen molar-refractivity contribution in [3.8, 4) is 0 Å². The van der Waals surface area contributed by atoms with Crippen molar-refractivity contribution in [2.45, 2.75) is 26.7 Å². The van der Waals surface area contributed by atoms with E-state index in [0.717, 1.165) is 49.7 Å². The zero-order valence-corrected chi connectivity index (χ0v) is 12.8. The average Bonchev–Trinajstić information content (AvgIpc) is 2.59. The summed E-state index contributed by atoms with van der Waals surface area (Å²) in [6.45, 7) is 5.94. The number of piperazine rings is 1. The van der Waals surface area contributed by atoms with Crippen molar-refractivity contribution in [3.05, 3.63) is 53.6 Å². The molecule has 1 aliphatic rings. The van der Waals surface area contributed by atoms with E-state index in [1.54, 1.807) is 0 Å². The van der Waals surface area contributed by atoms with Crippen LogP contribution in [0.1, 0.15) is 37.8 Å². The van der Waals surface area contributed by atoms with Crippen LogP contribution in [0.4, 0.5) is 10.3 Å². The van der Waals surface area contributed by atoms with Gasteiger partial charge in [-0.1, -0.05) is 26.5 Å². The van der Waals surface area contributed by atoms with Crippen LogP contribution in [0, 0.1) is 5.82 Å². The Morgan fingerprint density at radius 1 is 1.09 bits per heavy atom. The zero-order valence-electron chi connectivity index (χ0n) is 12.8. The molecule has 0 spiro atoms. The Morgan fingerprint density at radius 3 is 2.26 bits per heavy atom. The number of nitrogens with zero attached hydrogens (tertiary/aromatic N) is 3. The first kappa shape index (κ1) is 17.3. The normalized spacial score (nSPS) is 15.8. The van der Waals surface area contributed by atoms with Crippen LogP contribution in [0.3, 0.4) is 0 Å². The van der Waals surface area contributed by atoms with Gasteiger partial charge in [0.2, 0.25) is 5.95 Å². The smallest absolute Gasteiger partial charge is 0.225 e. The Labute approximate surface area is 137 Å². The predicted octanol–water partition coefficient (Wildman–Crippen LogP) is 3.20. The van der Waals surface area contributed by atoms with E-state index in [-0.39, 0.29) is 19.2 Å². The molecule has 0 radical (unpaired) electrons. The SMILES string of the molecule is C.CCC(c1ccc(F)cc1)c1cnc(N2CCNCC2)nc1. The van der Waals surface area contributed by atoms with Gasteiger partial charge in [0.15, 0.2) is 0 Å². The van der Waals surface area contributed by atoms with E-state index < -0.39 is 0 Å². The summed E-state index contributed by atoms with van der Waals surface area (Å²) in [6.07, 6.45) is 4.74. The minimum Gasteiger partial charge on any atom is -0.338 e. The van der Waals surface area contributed by atoms with Crippen LogP contribution in [-0.4, -0.2) is 36.1 Å². The molecule has 2 heterocycles. The van der Waals surface area contributed by atoms with Gasteiger partial charge in [-0.3, -0.25) is 0 Å². The molecule has 1 saturated heterocycles. The molecule has 4 nitrogen and oxygen atoms in total. The Balaban J connectivity index is 0.00000192. The molecule has 5 heteroatoms. The molecule has 3 rings (SSSR count). The largest absolute Gasteiger partial charge is 0.338 e. The van der Waals surface area contributed by atoms with Crippen molar-refractivity contribution < 1.29 is 4.39 Å². The maximum absolute atomic E-state index is 13.1. The van der Waals surface area contributed by atoms with Gasteiger partial charge in [-0.15, -0.1) is 0 Å². The van der Waals surface area contributed by atoms with Crippen LogP contribution in [0.25, 0.3) is 0 Å². The van der Waals surface area contributed by atoms with Crippen LogP contribution in [0.2, 0.25) is 0 Å². The number of nitrogens with one attached hydrogen (secondary N) is 1. The molecule has 1 atom stereocenters. The number of rotatable bonds is 4. The Morgan fingerprint density at radius 2 is 1.70 bits per heavy atom. The fourth-order valence-electron chi connectivity index (χ4n) is 2.90. The van der Waals surface area contributed by atoms with Crippen molar-refractivity contribution >= 4 is 5.95 Å². The second-order valence-electron chi connectivity index (χ2n) is 5.57. The van der Waals surface area contributed by atoms with Crippen molar-refractivity contribution in [3.63, 3.8) is 0 Å². The lowest BCUT2D eigenvalue weighted by Crippen LogP contribution is -2.44. The number of halogens is 1. The van der Waals surface area contributed by atoms with Crippen molar-refractivity contribution in [1.82, 2.24) is 15.3 Å². The Bertz CT molecular complexity index is 591. The third kappa shape index (κ3) is 4.05. The third-order valence-electron chi connectivity index (χ3n) is 4.14. The summed E-state index contributed by atoms with van der Waals surface area (Å²) in [6, 6.07) is 6.70. The molecule has 1 fully saturated rings. The molecular weight excluding hydrogens is 291 g/mol. The monoisotopic (exact) mass is 316 g/mol. The van der Waals surface area contributed by atoms with Gasteiger partial charge < -0.3 is 10.2 Å². The number of aromatic nitrogens is 2. The molecule has 1 aromatic heterocycles. The quantitative estimate of drug-likeness (QED) is 0.940. The number of hydrogen-bond donors (Lipinski definition) is 1. The van der Waals surface area contributed by atoms with Gasteiger partial charge in [-0.25, -0.2) is 14.4 Å². The van der Waals surface area contributed by atoms with E-state index >= 15 is 0 Å². The fraction of sp³-hybridized carbons (Fsp3) is 0.444. The molecule has 124 valence electrons. The highest BCUT2D eigenvalue weighted by molar-refractivity contribution is 5.35. The van der Waals surface area contributed by atoms with Crippen LogP contribution < -0.4 is 10.2 Å². The van der Waals surface area contributed by atoms with Crippen LogP contribution >= 0.6 is 0 Å². The first-order valence-electron chi connectivity index (χ1n) is 7.81. The zero-order chi connectivity index (χ0) is 15.4. The van der Waals surface area contributed by atoms with Crippen LogP contribution in [0.15, 0.2) is 36.7 Å². The lowest BCUT2D eigenvalue weighted by atomic mass is 9.91. The molecule has 0 aliphatic carbocycles. The molecule has 0 amide bonds. The van der Waals surface area contributed by atoms with E-state index in [1.165, 1.54) is 12.1 Å². The molecule has 0 bridgehead atoms. The highest BCUT2D eigenvalue weighted by Crippen LogP contribution is 2.27. The maximum atomic E-state index is 13.1. The summed E-state index contributed by atoms with van der Waals surface area (Å²) in [5, 5.41) is 3.32. The predicted molar refractivity (Wildman–Crippen MR) is 92.4 cm³/mol. The molecule has 0 saturated carbocycles. The summed E-state index contributed by atoms with van der Waals surface area (Å²) in [5.41, 5.74) is 2.18. The minimum atomic E-state index is -0.205. The molecule has 1 aliphatic heterocycles. The van der Waals surface area contributed by atoms with Crippen molar-refractivity contribution in [2.24, 2.45) is 0 Å². The molecule has 1 unspecified atom stereocenters. The van der Waals surface area contributed by atoms with Gasteiger partial charge in [-0.2, -0.15) is 0 Å². The van der Waals surface area contributed by atoms with E-state index in [2.05, 4.69) is 27.1 Å². The van der Waals surface area contributed by atoms with Gasteiger partial charge in [0.25, 0.3) is 0 Å². The lowest BCUT2D eigenvalue weighted by molar-refractivity contribution is 0.579. The van der Waals surface area contributed by atoms with E-state index in [4.69, 9.17) is 0 Å². The van der Waals surface area contributed by atoms with Gasteiger partial charge in [-0.05, 0) is 29.7 Å². The number of anilines is 1. The minimum absolute atomic E-state index is 0. The van der Waals surface area contributed by atoms with Crippen molar-refractivity contribution in [1.29, 1.82) is 0 Å². The second kappa shape index (κ2) is 8.02. The summed E-state index contributed by atoms with van der Waals surface area (Å²) >= 11 is 0. The van der Waals surface area contributed by atoms with Crippen molar-refractivity contribution in [2.75, 3.05) is 31.1 Å². The topological polar surface area (TPSA) is 41.1 Å². The molecule has 1 N–H and O–H groups in total. The molecule has 23 heavy (non-hydrogen) atoms. The second-order valence-corrected chi connectivity index (χ2v) is 5.57. The third-order valence-corrected chi connectivity index (χ3v) is 4.14. The summed E-state index contributed by atoms with van der Waals surface area (Å²) in [7, 11) is 0.